The van der Waals surface area contributed by atoms with E-state index in [1.165, 1.54) is 12.1 Å². The van der Waals surface area contributed by atoms with Crippen molar-refractivity contribution in [3.05, 3.63) is 65.5 Å². The lowest BCUT2D eigenvalue weighted by molar-refractivity contribution is -0.137. The van der Waals surface area contributed by atoms with Crippen LogP contribution in [0.3, 0.4) is 0 Å². The van der Waals surface area contributed by atoms with Gasteiger partial charge in [-0.05, 0) is 36.4 Å². The number of alkyl halides is 3. The minimum absolute atomic E-state index is 0.0941. The topological polar surface area (TPSA) is 96.7 Å². The van der Waals surface area contributed by atoms with Crippen LogP contribution in [-0.4, -0.2) is 21.1 Å². The summed E-state index contributed by atoms with van der Waals surface area (Å²) in [6, 6.07) is 10.9. The molecule has 2 aromatic carbocycles. The zero-order chi connectivity index (χ0) is 18.7. The van der Waals surface area contributed by atoms with Crippen molar-refractivity contribution >= 4 is 11.6 Å². The first-order valence-corrected chi connectivity index (χ1v) is 7.55. The summed E-state index contributed by atoms with van der Waals surface area (Å²) in [6.07, 6.45) is -4.39. The number of nitrogens with zero attached hydrogens (tertiary/aromatic N) is 2. The summed E-state index contributed by atoms with van der Waals surface area (Å²) < 4.78 is 37.7. The summed E-state index contributed by atoms with van der Waals surface area (Å²) >= 11 is 0. The molecule has 0 saturated heterocycles. The van der Waals surface area contributed by atoms with Gasteiger partial charge in [-0.2, -0.15) is 18.3 Å². The Morgan fingerprint density at radius 1 is 1.08 bits per heavy atom. The second-order valence-corrected chi connectivity index (χ2v) is 5.49. The highest BCUT2D eigenvalue weighted by molar-refractivity contribution is 5.94. The third-order valence-electron chi connectivity index (χ3n) is 3.59. The number of carbonyl (C=O) groups is 1. The Balaban J connectivity index is 1.64. The lowest BCUT2D eigenvalue weighted by Gasteiger charge is -2.06. The molecular weight excluding hydrogens is 347 g/mol. The minimum atomic E-state index is -4.39. The van der Waals surface area contributed by atoms with E-state index in [1.807, 2.05) is 0 Å². The third kappa shape index (κ3) is 4.00. The lowest BCUT2D eigenvalue weighted by Crippen LogP contribution is -2.23. The molecule has 0 aliphatic carbocycles. The van der Waals surface area contributed by atoms with Gasteiger partial charge in [-0.3, -0.25) is 9.89 Å². The number of hydrogen-bond donors (Lipinski definition) is 3. The average molecular weight is 361 g/mol. The van der Waals surface area contributed by atoms with E-state index in [0.29, 0.717) is 22.6 Å². The maximum absolute atomic E-state index is 12.6. The van der Waals surface area contributed by atoms with Crippen LogP contribution in [0, 0.1) is 0 Å². The van der Waals surface area contributed by atoms with Gasteiger partial charge in [0.1, 0.15) is 5.82 Å². The molecule has 1 amide bonds. The molecule has 0 unspecified atom stereocenters. The molecule has 134 valence electrons. The molecular formula is C17H14F3N5O. The highest BCUT2D eigenvalue weighted by atomic mass is 19.4. The number of rotatable bonds is 4. The third-order valence-corrected chi connectivity index (χ3v) is 3.59. The van der Waals surface area contributed by atoms with Crippen molar-refractivity contribution in [3.8, 4) is 11.4 Å². The zero-order valence-electron chi connectivity index (χ0n) is 13.3. The molecule has 0 atom stereocenters. The van der Waals surface area contributed by atoms with E-state index in [-0.39, 0.29) is 18.3 Å². The number of nitrogens with one attached hydrogen (secondary N) is 2. The highest BCUT2D eigenvalue weighted by Crippen LogP contribution is 2.30. The molecule has 0 saturated carbocycles. The van der Waals surface area contributed by atoms with Crippen molar-refractivity contribution < 1.29 is 18.0 Å². The molecule has 0 radical (unpaired) electrons. The van der Waals surface area contributed by atoms with E-state index in [1.54, 1.807) is 24.3 Å². The number of nitrogens with two attached hydrogens (primary N) is 1. The van der Waals surface area contributed by atoms with Gasteiger partial charge in [-0.25, -0.2) is 4.98 Å². The van der Waals surface area contributed by atoms with Crippen LogP contribution in [0.1, 0.15) is 21.7 Å². The van der Waals surface area contributed by atoms with E-state index in [4.69, 9.17) is 5.73 Å². The first-order valence-electron chi connectivity index (χ1n) is 7.55. The van der Waals surface area contributed by atoms with E-state index in [2.05, 4.69) is 20.5 Å². The second kappa shape index (κ2) is 6.87. The molecule has 0 bridgehead atoms. The normalized spacial score (nSPS) is 11.3. The number of anilines is 1. The molecule has 0 spiro atoms. The van der Waals surface area contributed by atoms with Crippen molar-refractivity contribution in [2.75, 3.05) is 5.73 Å². The number of nitrogen functional groups attached to an aromatic ring is 1. The first kappa shape index (κ1) is 17.5. The molecule has 3 aromatic rings. The maximum Gasteiger partial charge on any atom is 0.416 e. The zero-order valence-corrected chi connectivity index (χ0v) is 13.3. The standard InChI is InChI=1S/C17H14F3N5O/c18-17(19,20)12-5-1-10(2-6-12)15-23-14(24-25-15)9-22-16(26)11-3-7-13(21)8-4-11/h1-8H,9,21H2,(H,22,26)(H,23,24,25). The Bertz CT molecular complexity index is 901. The maximum atomic E-state index is 12.6. The SMILES string of the molecule is Nc1ccc(C(=O)NCc2nc(-c3ccc(C(F)(F)F)cc3)n[nH]2)cc1. The fourth-order valence-electron chi connectivity index (χ4n) is 2.21. The summed E-state index contributed by atoms with van der Waals surface area (Å²) in [4.78, 5) is 16.2. The number of amides is 1. The number of halogens is 3. The van der Waals surface area contributed by atoms with Gasteiger partial charge in [0.05, 0.1) is 12.1 Å². The molecule has 0 aliphatic heterocycles. The predicted molar refractivity (Wildman–Crippen MR) is 88.8 cm³/mol. The molecule has 26 heavy (non-hydrogen) atoms. The van der Waals surface area contributed by atoms with Crippen LogP contribution in [0.25, 0.3) is 11.4 Å². The van der Waals surface area contributed by atoms with Crippen molar-refractivity contribution in [1.82, 2.24) is 20.5 Å². The summed E-state index contributed by atoms with van der Waals surface area (Å²) in [5.74, 6) is 0.316. The number of carbonyl (C=O) groups excluding carboxylic acids is 1. The van der Waals surface area contributed by atoms with Crippen LogP contribution in [0.4, 0.5) is 18.9 Å². The highest BCUT2D eigenvalue weighted by Gasteiger charge is 2.30. The van der Waals surface area contributed by atoms with E-state index in [0.717, 1.165) is 12.1 Å². The van der Waals surface area contributed by atoms with Crippen LogP contribution >= 0.6 is 0 Å². The van der Waals surface area contributed by atoms with Crippen LogP contribution < -0.4 is 11.1 Å². The molecule has 0 aliphatic rings. The van der Waals surface area contributed by atoms with Crippen LogP contribution in [0.15, 0.2) is 48.5 Å². The van der Waals surface area contributed by atoms with E-state index < -0.39 is 11.7 Å². The fraction of sp³-hybridized carbons (Fsp3) is 0.118. The number of aromatic nitrogens is 3. The van der Waals surface area contributed by atoms with Crippen LogP contribution in [-0.2, 0) is 12.7 Å². The average Bonchev–Trinajstić information content (AvgIpc) is 3.09. The molecule has 9 heteroatoms. The molecule has 0 fully saturated rings. The van der Waals surface area contributed by atoms with Gasteiger partial charge in [0.25, 0.3) is 5.91 Å². The quantitative estimate of drug-likeness (QED) is 0.623. The van der Waals surface area contributed by atoms with Crippen molar-refractivity contribution in [3.63, 3.8) is 0 Å². The number of aromatic amines is 1. The minimum Gasteiger partial charge on any atom is -0.399 e. The summed E-state index contributed by atoms with van der Waals surface area (Å²) in [6.45, 7) is 0.0941. The summed E-state index contributed by atoms with van der Waals surface area (Å²) in [7, 11) is 0. The second-order valence-electron chi connectivity index (χ2n) is 5.49. The fourth-order valence-corrected chi connectivity index (χ4v) is 2.21. The Hall–Kier alpha value is -3.36. The molecule has 4 N–H and O–H groups in total. The van der Waals surface area contributed by atoms with E-state index in [9.17, 15) is 18.0 Å². The molecule has 1 heterocycles. The van der Waals surface area contributed by atoms with Crippen molar-refractivity contribution in [1.29, 1.82) is 0 Å². The van der Waals surface area contributed by atoms with Gasteiger partial charge in [0.2, 0.25) is 0 Å². The van der Waals surface area contributed by atoms with Gasteiger partial charge in [0.15, 0.2) is 5.82 Å². The lowest BCUT2D eigenvalue weighted by atomic mass is 10.1. The largest absolute Gasteiger partial charge is 0.416 e. The Morgan fingerprint density at radius 3 is 2.35 bits per heavy atom. The van der Waals surface area contributed by atoms with Gasteiger partial charge in [-0.15, -0.1) is 0 Å². The molecule has 6 nitrogen and oxygen atoms in total. The monoisotopic (exact) mass is 361 g/mol. The Morgan fingerprint density at radius 2 is 1.73 bits per heavy atom. The van der Waals surface area contributed by atoms with Crippen LogP contribution in [0.2, 0.25) is 0 Å². The van der Waals surface area contributed by atoms with Gasteiger partial charge in [0, 0.05) is 16.8 Å². The van der Waals surface area contributed by atoms with Gasteiger partial charge in [-0.1, -0.05) is 12.1 Å². The first-order chi connectivity index (χ1) is 12.3. The summed E-state index contributed by atoms with van der Waals surface area (Å²) in [5.41, 5.74) is 6.26. The molecule has 3 rings (SSSR count). The summed E-state index contributed by atoms with van der Waals surface area (Å²) in [5, 5.41) is 9.27. The van der Waals surface area contributed by atoms with Crippen molar-refractivity contribution in [2.45, 2.75) is 12.7 Å². The molecule has 1 aromatic heterocycles. The predicted octanol–water partition coefficient (Wildman–Crippen LogP) is 3.00. The Kier molecular flexibility index (Phi) is 4.61. The Labute approximate surface area is 146 Å². The number of H-pyrrole nitrogens is 1. The number of benzene rings is 2. The number of hydrogen-bond acceptors (Lipinski definition) is 4. The van der Waals surface area contributed by atoms with Crippen molar-refractivity contribution in [2.24, 2.45) is 0 Å². The van der Waals surface area contributed by atoms with Gasteiger partial charge < -0.3 is 11.1 Å². The van der Waals surface area contributed by atoms with E-state index >= 15 is 0 Å². The van der Waals surface area contributed by atoms with Crippen LogP contribution in [0.5, 0.6) is 0 Å². The van der Waals surface area contributed by atoms with Gasteiger partial charge >= 0.3 is 6.18 Å². The smallest absolute Gasteiger partial charge is 0.399 e.